The van der Waals surface area contributed by atoms with Gasteiger partial charge in [-0.15, -0.1) is 0 Å². The molecule has 0 heterocycles. The largest absolute Gasteiger partial charge is 0.0645 e. The van der Waals surface area contributed by atoms with E-state index < -0.39 is 0 Å². The van der Waals surface area contributed by atoms with Crippen LogP contribution in [0, 0.1) is 0 Å². The van der Waals surface area contributed by atoms with Gasteiger partial charge in [-0.2, -0.15) is 0 Å². The predicted octanol–water partition coefficient (Wildman–Crippen LogP) is 6.82. The topological polar surface area (TPSA) is 0 Å². The molecule has 124 valence electrons. The SMILES string of the molecule is CCC(c1ccc(C(C)(C)C)cc1)c1cccc(C(C)(C)C)c1. The minimum absolute atomic E-state index is 0.199. The van der Waals surface area contributed by atoms with Crippen LogP contribution in [0.3, 0.4) is 0 Å². The first-order chi connectivity index (χ1) is 10.6. The van der Waals surface area contributed by atoms with Crippen LogP contribution < -0.4 is 0 Å². The van der Waals surface area contributed by atoms with Gasteiger partial charge in [-0.05, 0) is 39.5 Å². The Kier molecular flexibility index (Phi) is 5.04. The summed E-state index contributed by atoms with van der Waals surface area (Å²) in [6, 6.07) is 18.4. The maximum absolute atomic E-state index is 2.39. The van der Waals surface area contributed by atoms with E-state index in [4.69, 9.17) is 0 Å². The summed E-state index contributed by atoms with van der Waals surface area (Å²) < 4.78 is 0. The molecule has 0 aliphatic carbocycles. The Morgan fingerprint density at radius 1 is 0.696 bits per heavy atom. The van der Waals surface area contributed by atoms with Crippen LogP contribution in [0.5, 0.6) is 0 Å². The number of hydrogen-bond donors (Lipinski definition) is 0. The quantitative estimate of drug-likeness (QED) is 0.583. The molecule has 0 nitrogen and oxygen atoms in total. The molecule has 0 aromatic heterocycles. The molecule has 0 aliphatic heterocycles. The molecule has 0 aliphatic rings. The van der Waals surface area contributed by atoms with Crippen LogP contribution in [-0.2, 0) is 10.8 Å². The van der Waals surface area contributed by atoms with Crippen LogP contribution in [-0.4, -0.2) is 0 Å². The summed E-state index contributed by atoms with van der Waals surface area (Å²) in [5, 5.41) is 0. The van der Waals surface area contributed by atoms with Gasteiger partial charge in [0.15, 0.2) is 0 Å². The molecule has 0 spiro atoms. The highest BCUT2D eigenvalue weighted by atomic mass is 14.2. The highest BCUT2D eigenvalue weighted by molar-refractivity contribution is 5.38. The summed E-state index contributed by atoms with van der Waals surface area (Å²) in [7, 11) is 0. The number of benzene rings is 2. The van der Waals surface area contributed by atoms with Gasteiger partial charge in [0, 0.05) is 5.92 Å². The van der Waals surface area contributed by atoms with Gasteiger partial charge in [-0.25, -0.2) is 0 Å². The third kappa shape index (κ3) is 4.25. The molecular formula is C23H32. The van der Waals surface area contributed by atoms with Crippen LogP contribution >= 0.6 is 0 Å². The van der Waals surface area contributed by atoms with E-state index in [9.17, 15) is 0 Å². The van der Waals surface area contributed by atoms with E-state index in [2.05, 4.69) is 97.0 Å². The fourth-order valence-corrected chi connectivity index (χ4v) is 3.10. The molecule has 0 saturated heterocycles. The van der Waals surface area contributed by atoms with E-state index in [0.29, 0.717) is 5.92 Å². The lowest BCUT2D eigenvalue weighted by Crippen LogP contribution is -2.13. The first kappa shape index (κ1) is 17.8. The van der Waals surface area contributed by atoms with Crippen LogP contribution in [0.25, 0.3) is 0 Å². The molecule has 0 bridgehead atoms. The number of rotatable bonds is 3. The van der Waals surface area contributed by atoms with E-state index in [0.717, 1.165) is 6.42 Å². The Labute approximate surface area is 143 Å². The van der Waals surface area contributed by atoms with Crippen molar-refractivity contribution in [1.82, 2.24) is 0 Å². The van der Waals surface area contributed by atoms with Gasteiger partial charge in [0.05, 0.1) is 0 Å². The summed E-state index contributed by atoms with van der Waals surface area (Å²) in [4.78, 5) is 0. The van der Waals surface area contributed by atoms with Crippen molar-refractivity contribution >= 4 is 0 Å². The smallest absolute Gasteiger partial charge is 0.00868 e. The fourth-order valence-electron chi connectivity index (χ4n) is 3.10. The first-order valence-corrected chi connectivity index (χ1v) is 8.84. The Morgan fingerprint density at radius 2 is 1.26 bits per heavy atom. The number of hydrogen-bond acceptors (Lipinski definition) is 0. The van der Waals surface area contributed by atoms with Gasteiger partial charge in [0.1, 0.15) is 0 Å². The lowest BCUT2D eigenvalue weighted by Gasteiger charge is -2.24. The molecule has 0 fully saturated rings. The zero-order valence-electron chi connectivity index (χ0n) is 15.9. The standard InChI is InChI=1S/C23H32/c1-8-21(17-12-14-19(15-13-17)22(2,3)4)18-10-9-11-20(16-18)23(5,6)7/h9-16,21H,8H2,1-7H3. The molecule has 0 amide bonds. The molecule has 0 radical (unpaired) electrons. The van der Waals surface area contributed by atoms with Crippen molar-refractivity contribution in [3.63, 3.8) is 0 Å². The first-order valence-electron chi connectivity index (χ1n) is 8.84. The Morgan fingerprint density at radius 3 is 1.74 bits per heavy atom. The van der Waals surface area contributed by atoms with Crippen LogP contribution in [0.15, 0.2) is 48.5 Å². The normalized spacial score (nSPS) is 13.9. The average Bonchev–Trinajstić information content (AvgIpc) is 2.47. The maximum atomic E-state index is 2.39. The van der Waals surface area contributed by atoms with Gasteiger partial charge >= 0.3 is 0 Å². The van der Waals surface area contributed by atoms with Crippen molar-refractivity contribution in [1.29, 1.82) is 0 Å². The molecule has 2 rings (SSSR count). The van der Waals surface area contributed by atoms with Crippen molar-refractivity contribution in [3.8, 4) is 0 Å². The third-order valence-corrected chi connectivity index (χ3v) is 4.74. The van der Waals surface area contributed by atoms with Gasteiger partial charge in [-0.1, -0.05) is 97.0 Å². The van der Waals surface area contributed by atoms with Crippen LogP contribution in [0.4, 0.5) is 0 Å². The molecule has 1 unspecified atom stereocenters. The Bertz CT molecular complexity index is 633. The van der Waals surface area contributed by atoms with Crippen molar-refractivity contribution in [2.45, 2.75) is 71.6 Å². The average molecular weight is 309 g/mol. The summed E-state index contributed by atoms with van der Waals surface area (Å²) in [6.45, 7) is 15.9. The van der Waals surface area contributed by atoms with E-state index in [1.807, 2.05) is 0 Å². The highest BCUT2D eigenvalue weighted by Crippen LogP contribution is 2.32. The zero-order chi connectivity index (χ0) is 17.3. The van der Waals surface area contributed by atoms with Crippen LogP contribution in [0.2, 0.25) is 0 Å². The van der Waals surface area contributed by atoms with Gasteiger partial charge in [0.25, 0.3) is 0 Å². The van der Waals surface area contributed by atoms with Crippen molar-refractivity contribution in [2.24, 2.45) is 0 Å². The lowest BCUT2D eigenvalue weighted by atomic mass is 9.81. The lowest BCUT2D eigenvalue weighted by molar-refractivity contribution is 0.587. The zero-order valence-corrected chi connectivity index (χ0v) is 15.9. The summed E-state index contributed by atoms with van der Waals surface area (Å²) in [5.74, 6) is 0.478. The molecule has 2 aromatic carbocycles. The predicted molar refractivity (Wildman–Crippen MR) is 102 cm³/mol. The molecule has 0 saturated carbocycles. The van der Waals surface area contributed by atoms with E-state index in [1.54, 1.807) is 0 Å². The molecule has 1 atom stereocenters. The maximum Gasteiger partial charge on any atom is 0.00868 e. The molecule has 0 heteroatoms. The van der Waals surface area contributed by atoms with Gasteiger partial charge in [-0.3, -0.25) is 0 Å². The Hall–Kier alpha value is -1.56. The second kappa shape index (κ2) is 6.51. The summed E-state index contributed by atoms with van der Waals surface area (Å²) in [6.07, 6.45) is 1.13. The highest BCUT2D eigenvalue weighted by Gasteiger charge is 2.18. The second-order valence-electron chi connectivity index (χ2n) is 8.71. The molecular weight excluding hydrogens is 276 g/mol. The van der Waals surface area contributed by atoms with Gasteiger partial charge in [0.2, 0.25) is 0 Å². The summed E-state index contributed by atoms with van der Waals surface area (Å²) >= 11 is 0. The van der Waals surface area contributed by atoms with Crippen LogP contribution in [0.1, 0.15) is 83.1 Å². The molecule has 0 N–H and O–H groups in total. The molecule has 2 aromatic rings. The van der Waals surface area contributed by atoms with Crippen molar-refractivity contribution in [2.75, 3.05) is 0 Å². The monoisotopic (exact) mass is 308 g/mol. The van der Waals surface area contributed by atoms with Gasteiger partial charge < -0.3 is 0 Å². The van der Waals surface area contributed by atoms with Crippen molar-refractivity contribution in [3.05, 3.63) is 70.8 Å². The van der Waals surface area contributed by atoms with E-state index in [1.165, 1.54) is 22.3 Å². The summed E-state index contributed by atoms with van der Waals surface area (Å²) in [5.41, 5.74) is 6.09. The Balaban J connectivity index is 2.37. The minimum atomic E-state index is 0.199. The fraction of sp³-hybridized carbons (Fsp3) is 0.478. The van der Waals surface area contributed by atoms with Crippen molar-refractivity contribution < 1.29 is 0 Å². The van der Waals surface area contributed by atoms with E-state index in [-0.39, 0.29) is 10.8 Å². The third-order valence-electron chi connectivity index (χ3n) is 4.74. The second-order valence-corrected chi connectivity index (χ2v) is 8.71. The minimum Gasteiger partial charge on any atom is -0.0645 e. The van der Waals surface area contributed by atoms with E-state index >= 15 is 0 Å². The molecule has 23 heavy (non-hydrogen) atoms.